The molecule has 0 radical (unpaired) electrons. The van der Waals surface area contributed by atoms with Gasteiger partial charge in [0, 0.05) is 0 Å². The van der Waals surface area contributed by atoms with Crippen LogP contribution in [0.3, 0.4) is 0 Å². The number of amides is 2. The van der Waals surface area contributed by atoms with E-state index >= 15 is 0 Å². The lowest BCUT2D eigenvalue weighted by Gasteiger charge is -2.40. The number of piperazine rings is 1. The molecule has 1 aliphatic carbocycles. The molecule has 0 bridgehead atoms. The molecule has 0 unspecified atom stereocenters. The van der Waals surface area contributed by atoms with Crippen molar-refractivity contribution in [1.29, 1.82) is 0 Å². The first-order valence-electron chi connectivity index (χ1n) is 6.54. The van der Waals surface area contributed by atoms with Crippen molar-refractivity contribution in [2.75, 3.05) is 0 Å². The summed E-state index contributed by atoms with van der Waals surface area (Å²) in [5, 5.41) is 5.79. The van der Waals surface area contributed by atoms with E-state index in [1.165, 1.54) is 0 Å². The third-order valence-corrected chi connectivity index (χ3v) is 3.84. The Labute approximate surface area is 111 Å². The van der Waals surface area contributed by atoms with E-state index < -0.39 is 11.6 Å². The molecule has 4 heteroatoms. The van der Waals surface area contributed by atoms with Crippen LogP contribution in [-0.4, -0.2) is 17.4 Å². The van der Waals surface area contributed by atoms with Crippen LogP contribution in [0.1, 0.15) is 30.9 Å². The van der Waals surface area contributed by atoms with E-state index in [0.717, 1.165) is 12.0 Å². The van der Waals surface area contributed by atoms with Crippen molar-refractivity contribution in [3.05, 3.63) is 48.0 Å². The van der Waals surface area contributed by atoms with Gasteiger partial charge in [0.05, 0.1) is 0 Å². The number of allylic oxidation sites excluding steroid dienone is 1. The zero-order chi connectivity index (χ0) is 13.3. The summed E-state index contributed by atoms with van der Waals surface area (Å²) in [6.07, 6.45) is 6.08. The number of nitrogens with one attached hydrogen (secondary N) is 2. The second kappa shape index (κ2) is 4.53. The molecule has 0 aromatic heterocycles. The predicted octanol–water partition coefficient (Wildman–Crippen LogP) is 1.45. The van der Waals surface area contributed by atoms with E-state index in [9.17, 15) is 9.59 Å². The molecule has 1 spiro atoms. The maximum atomic E-state index is 12.3. The van der Waals surface area contributed by atoms with E-state index in [-0.39, 0.29) is 11.8 Å². The van der Waals surface area contributed by atoms with Gasteiger partial charge in [-0.2, -0.15) is 0 Å². The minimum atomic E-state index is -0.739. The van der Waals surface area contributed by atoms with Crippen LogP contribution in [-0.2, 0) is 9.59 Å². The molecule has 1 saturated heterocycles. The summed E-state index contributed by atoms with van der Waals surface area (Å²) in [7, 11) is 0. The van der Waals surface area contributed by atoms with Gasteiger partial charge in [0.15, 0.2) is 0 Å². The second-order valence-corrected chi connectivity index (χ2v) is 5.10. The number of hydrogen-bond acceptors (Lipinski definition) is 2. The fraction of sp³-hybridized carbons (Fsp3) is 0.333. The van der Waals surface area contributed by atoms with Gasteiger partial charge in [-0.05, 0) is 24.8 Å². The first-order valence-corrected chi connectivity index (χ1v) is 6.54. The Kier molecular flexibility index (Phi) is 2.85. The summed E-state index contributed by atoms with van der Waals surface area (Å²) in [4.78, 5) is 24.6. The lowest BCUT2D eigenvalue weighted by Crippen LogP contribution is -2.66. The first kappa shape index (κ1) is 12.0. The molecule has 1 heterocycles. The molecule has 1 aliphatic heterocycles. The molecule has 0 saturated carbocycles. The molecule has 2 atom stereocenters. The highest BCUT2D eigenvalue weighted by Gasteiger charge is 2.46. The van der Waals surface area contributed by atoms with Crippen LogP contribution >= 0.6 is 0 Å². The van der Waals surface area contributed by atoms with E-state index in [1.807, 2.05) is 42.5 Å². The number of carbonyl (C=O) groups is 2. The molecule has 2 aliphatic rings. The summed E-state index contributed by atoms with van der Waals surface area (Å²) in [5.74, 6) is -0.202. The molecule has 19 heavy (non-hydrogen) atoms. The first-order chi connectivity index (χ1) is 9.21. The van der Waals surface area contributed by atoms with E-state index in [2.05, 4.69) is 10.6 Å². The maximum absolute atomic E-state index is 12.3. The van der Waals surface area contributed by atoms with E-state index in [4.69, 9.17) is 0 Å². The summed E-state index contributed by atoms with van der Waals surface area (Å²) in [6, 6.07) is 8.74. The van der Waals surface area contributed by atoms with Gasteiger partial charge >= 0.3 is 0 Å². The predicted molar refractivity (Wildman–Crippen MR) is 71.2 cm³/mol. The van der Waals surface area contributed by atoms with Crippen LogP contribution in [0.5, 0.6) is 0 Å². The smallest absolute Gasteiger partial charge is 0.248 e. The molecular formula is C15H16N2O2. The molecule has 2 N–H and O–H groups in total. The van der Waals surface area contributed by atoms with Crippen molar-refractivity contribution in [3.8, 4) is 0 Å². The minimum absolute atomic E-state index is 0.0784. The van der Waals surface area contributed by atoms with Gasteiger partial charge in [0.2, 0.25) is 11.8 Å². The van der Waals surface area contributed by atoms with Crippen LogP contribution in [0.4, 0.5) is 0 Å². The Morgan fingerprint density at radius 3 is 2.58 bits per heavy atom. The lowest BCUT2D eigenvalue weighted by molar-refractivity contribution is -0.142. The summed E-state index contributed by atoms with van der Waals surface area (Å²) >= 11 is 0. The number of benzene rings is 1. The van der Waals surface area contributed by atoms with E-state index in [1.54, 1.807) is 0 Å². The molecule has 98 valence electrons. The summed E-state index contributed by atoms with van der Waals surface area (Å²) < 4.78 is 0. The SMILES string of the molecule is O=C1N[C@@]2(CC=CCC2)C(=O)N[C@H]1c1ccccc1. The third kappa shape index (κ3) is 2.03. The van der Waals surface area contributed by atoms with Crippen LogP contribution in [0, 0.1) is 0 Å². The molecule has 1 aromatic carbocycles. The monoisotopic (exact) mass is 256 g/mol. The zero-order valence-corrected chi connectivity index (χ0v) is 10.6. The largest absolute Gasteiger partial charge is 0.339 e. The van der Waals surface area contributed by atoms with Gasteiger partial charge in [-0.15, -0.1) is 0 Å². The van der Waals surface area contributed by atoms with Crippen molar-refractivity contribution >= 4 is 11.8 Å². The third-order valence-electron chi connectivity index (χ3n) is 3.84. The van der Waals surface area contributed by atoms with Crippen molar-refractivity contribution in [2.45, 2.75) is 30.8 Å². The van der Waals surface area contributed by atoms with Gasteiger partial charge in [-0.3, -0.25) is 9.59 Å². The summed E-state index contributed by atoms with van der Waals surface area (Å²) in [6.45, 7) is 0. The van der Waals surface area contributed by atoms with Gasteiger partial charge < -0.3 is 10.6 Å². The fourth-order valence-corrected chi connectivity index (χ4v) is 2.73. The molecule has 1 aromatic rings. The molecule has 3 rings (SSSR count). The zero-order valence-electron chi connectivity index (χ0n) is 10.6. The Hall–Kier alpha value is -2.10. The number of carbonyl (C=O) groups excluding carboxylic acids is 2. The average Bonchev–Trinajstić information content (AvgIpc) is 2.45. The van der Waals surface area contributed by atoms with Crippen molar-refractivity contribution in [3.63, 3.8) is 0 Å². The molecule has 4 nitrogen and oxygen atoms in total. The van der Waals surface area contributed by atoms with Crippen LogP contribution in [0.25, 0.3) is 0 Å². The highest BCUT2D eigenvalue weighted by molar-refractivity contribution is 6.00. The lowest BCUT2D eigenvalue weighted by atomic mass is 9.82. The van der Waals surface area contributed by atoms with Gasteiger partial charge in [0.1, 0.15) is 11.6 Å². The van der Waals surface area contributed by atoms with Crippen LogP contribution < -0.4 is 10.6 Å². The van der Waals surface area contributed by atoms with Crippen LogP contribution in [0.2, 0.25) is 0 Å². The van der Waals surface area contributed by atoms with Gasteiger partial charge in [-0.25, -0.2) is 0 Å². The average molecular weight is 256 g/mol. The normalized spacial score (nSPS) is 30.0. The minimum Gasteiger partial charge on any atom is -0.339 e. The van der Waals surface area contributed by atoms with Crippen molar-refractivity contribution in [2.24, 2.45) is 0 Å². The Bertz CT molecular complexity index is 538. The highest BCUT2D eigenvalue weighted by Crippen LogP contribution is 2.29. The topological polar surface area (TPSA) is 58.2 Å². The molecular weight excluding hydrogens is 240 g/mol. The van der Waals surface area contributed by atoms with Crippen molar-refractivity contribution < 1.29 is 9.59 Å². The quantitative estimate of drug-likeness (QED) is 0.747. The molecule has 2 amide bonds. The standard InChI is InChI=1S/C15H16N2O2/c18-13-12(11-7-3-1-4-8-11)16-14(19)15(17-13)9-5-2-6-10-15/h1-5,7-8,12H,6,9-10H2,(H,16,19)(H,17,18)/t12-,15+/m0/s1. The van der Waals surface area contributed by atoms with Gasteiger partial charge in [-0.1, -0.05) is 42.5 Å². The summed E-state index contributed by atoms with van der Waals surface area (Å²) in [5.41, 5.74) is 0.0754. The Morgan fingerprint density at radius 2 is 1.89 bits per heavy atom. The maximum Gasteiger partial charge on any atom is 0.248 e. The fourth-order valence-electron chi connectivity index (χ4n) is 2.73. The van der Waals surface area contributed by atoms with Crippen molar-refractivity contribution in [1.82, 2.24) is 10.6 Å². The Balaban J connectivity index is 1.85. The Morgan fingerprint density at radius 1 is 1.11 bits per heavy atom. The van der Waals surface area contributed by atoms with Crippen LogP contribution in [0.15, 0.2) is 42.5 Å². The molecule has 1 fully saturated rings. The number of rotatable bonds is 1. The van der Waals surface area contributed by atoms with E-state index in [0.29, 0.717) is 12.8 Å². The second-order valence-electron chi connectivity index (χ2n) is 5.10. The highest BCUT2D eigenvalue weighted by atomic mass is 16.2. The van der Waals surface area contributed by atoms with Gasteiger partial charge in [0.25, 0.3) is 0 Å². The number of hydrogen-bond donors (Lipinski definition) is 2.